The number of carbonyl (C=O) groups is 1. The lowest BCUT2D eigenvalue weighted by atomic mass is 10.1. The maximum Gasteiger partial charge on any atom is 0.422 e. The van der Waals surface area contributed by atoms with Crippen LogP contribution >= 0.6 is 0 Å². The molecule has 0 unspecified atom stereocenters. The number of nitrogens with zero attached hydrogens (tertiary/aromatic N) is 4. The van der Waals surface area contributed by atoms with Crippen LogP contribution in [0.5, 0.6) is 5.88 Å². The Kier molecular flexibility index (Phi) is 5.52. The van der Waals surface area contributed by atoms with E-state index in [1.165, 1.54) is 18.5 Å². The summed E-state index contributed by atoms with van der Waals surface area (Å²) in [5.41, 5.74) is 2.58. The second kappa shape index (κ2) is 8.42. The van der Waals surface area contributed by atoms with Gasteiger partial charge in [-0.3, -0.25) is 4.79 Å². The van der Waals surface area contributed by atoms with Crippen molar-refractivity contribution < 1.29 is 22.7 Å². The van der Waals surface area contributed by atoms with Gasteiger partial charge in [0.15, 0.2) is 12.3 Å². The molecule has 0 atom stereocenters. The second-order valence-electron chi connectivity index (χ2n) is 6.54. The SMILES string of the molecule is O=C(NCc1cccnc1OCC(F)(F)F)c1cnn2c(-c3ccccc3)ccnc12. The van der Waals surface area contributed by atoms with Crippen LogP contribution < -0.4 is 10.1 Å². The van der Waals surface area contributed by atoms with Crippen molar-refractivity contribution in [3.05, 3.63) is 78.2 Å². The molecular formula is C21H16F3N5O2. The summed E-state index contributed by atoms with van der Waals surface area (Å²) in [6.07, 6.45) is -0.191. The number of hydrogen-bond donors (Lipinski definition) is 1. The number of aromatic nitrogens is 4. The fourth-order valence-electron chi connectivity index (χ4n) is 2.99. The predicted octanol–water partition coefficient (Wildman–Crippen LogP) is 3.66. The number of ether oxygens (including phenoxy) is 1. The first-order chi connectivity index (χ1) is 14.9. The first-order valence-corrected chi connectivity index (χ1v) is 9.22. The summed E-state index contributed by atoms with van der Waals surface area (Å²) in [6.45, 7) is -1.54. The first kappa shape index (κ1) is 20.3. The van der Waals surface area contributed by atoms with Crippen LogP contribution in [-0.2, 0) is 6.54 Å². The number of rotatable bonds is 6. The van der Waals surface area contributed by atoms with Crippen molar-refractivity contribution in [2.75, 3.05) is 6.61 Å². The third kappa shape index (κ3) is 4.63. The van der Waals surface area contributed by atoms with E-state index in [9.17, 15) is 18.0 Å². The summed E-state index contributed by atoms with van der Waals surface area (Å²) < 4.78 is 43.6. The van der Waals surface area contributed by atoms with Gasteiger partial charge in [0.2, 0.25) is 5.88 Å². The van der Waals surface area contributed by atoms with E-state index in [-0.39, 0.29) is 18.0 Å². The molecule has 0 aliphatic heterocycles. The maximum absolute atomic E-state index is 12.7. The molecule has 1 N–H and O–H groups in total. The van der Waals surface area contributed by atoms with Crippen molar-refractivity contribution >= 4 is 11.6 Å². The molecule has 3 heterocycles. The Morgan fingerprint density at radius 1 is 1.03 bits per heavy atom. The number of hydrogen-bond acceptors (Lipinski definition) is 5. The molecule has 0 radical (unpaired) electrons. The van der Waals surface area contributed by atoms with Gasteiger partial charge in [-0.05, 0) is 12.1 Å². The van der Waals surface area contributed by atoms with E-state index >= 15 is 0 Å². The van der Waals surface area contributed by atoms with Gasteiger partial charge in [-0.25, -0.2) is 14.5 Å². The third-order valence-electron chi connectivity index (χ3n) is 4.38. The lowest BCUT2D eigenvalue weighted by Gasteiger charge is -2.12. The molecule has 1 aromatic carbocycles. The molecule has 0 fully saturated rings. The standard InChI is InChI=1S/C21H16F3N5O2/c22-21(23,24)13-31-20-15(7-4-9-26-20)11-27-19(30)16-12-28-29-17(8-10-25-18(16)29)14-5-2-1-3-6-14/h1-10,12H,11,13H2,(H,27,30). The Hall–Kier alpha value is -3.95. The molecule has 0 aliphatic carbocycles. The Bertz CT molecular complexity index is 1210. The fraction of sp³-hybridized carbons (Fsp3) is 0.143. The van der Waals surface area contributed by atoms with Gasteiger partial charge in [0.1, 0.15) is 5.56 Å². The maximum atomic E-state index is 12.7. The zero-order valence-electron chi connectivity index (χ0n) is 16.0. The molecule has 10 heteroatoms. The van der Waals surface area contributed by atoms with E-state index in [2.05, 4.69) is 20.4 Å². The summed E-state index contributed by atoms with van der Waals surface area (Å²) in [7, 11) is 0. The summed E-state index contributed by atoms with van der Waals surface area (Å²) >= 11 is 0. The van der Waals surface area contributed by atoms with Crippen LogP contribution in [0.4, 0.5) is 13.2 Å². The van der Waals surface area contributed by atoms with Crippen LogP contribution in [0.3, 0.4) is 0 Å². The fourth-order valence-corrected chi connectivity index (χ4v) is 2.99. The van der Waals surface area contributed by atoms with Crippen LogP contribution in [0.25, 0.3) is 16.9 Å². The minimum Gasteiger partial charge on any atom is -0.468 e. The average molecular weight is 427 g/mol. The molecule has 0 saturated heterocycles. The molecule has 3 aromatic heterocycles. The molecule has 0 spiro atoms. The van der Waals surface area contributed by atoms with E-state index < -0.39 is 18.7 Å². The molecule has 4 rings (SSSR count). The molecule has 158 valence electrons. The summed E-state index contributed by atoms with van der Waals surface area (Å²) in [4.78, 5) is 20.8. The third-order valence-corrected chi connectivity index (χ3v) is 4.38. The summed E-state index contributed by atoms with van der Waals surface area (Å²) in [6, 6.07) is 14.4. The Balaban J connectivity index is 1.53. The van der Waals surface area contributed by atoms with Crippen molar-refractivity contribution in [1.82, 2.24) is 24.9 Å². The summed E-state index contributed by atoms with van der Waals surface area (Å²) in [5, 5.41) is 6.93. The van der Waals surface area contributed by atoms with E-state index in [0.29, 0.717) is 11.2 Å². The largest absolute Gasteiger partial charge is 0.468 e. The Labute approximate surface area is 174 Å². The van der Waals surface area contributed by atoms with Gasteiger partial charge in [-0.2, -0.15) is 18.3 Å². The molecule has 0 aliphatic rings. The molecule has 4 aromatic rings. The number of fused-ring (bicyclic) bond motifs is 1. The molecular weight excluding hydrogens is 411 g/mol. The van der Waals surface area contributed by atoms with Crippen molar-refractivity contribution in [1.29, 1.82) is 0 Å². The highest BCUT2D eigenvalue weighted by Gasteiger charge is 2.29. The zero-order valence-corrected chi connectivity index (χ0v) is 16.0. The topological polar surface area (TPSA) is 81.4 Å². The number of nitrogens with one attached hydrogen (secondary N) is 1. The van der Waals surface area contributed by atoms with Crippen molar-refractivity contribution in [2.24, 2.45) is 0 Å². The van der Waals surface area contributed by atoms with Crippen LogP contribution in [0.15, 0.2) is 67.1 Å². The number of carbonyl (C=O) groups excluding carboxylic acids is 1. The Morgan fingerprint density at radius 2 is 1.84 bits per heavy atom. The predicted molar refractivity (Wildman–Crippen MR) is 105 cm³/mol. The molecule has 0 bridgehead atoms. The smallest absolute Gasteiger partial charge is 0.422 e. The minimum atomic E-state index is -4.49. The van der Waals surface area contributed by atoms with Crippen LogP contribution in [0, 0.1) is 0 Å². The molecule has 7 nitrogen and oxygen atoms in total. The second-order valence-corrected chi connectivity index (χ2v) is 6.54. The van der Waals surface area contributed by atoms with Crippen molar-refractivity contribution in [3.8, 4) is 17.1 Å². The average Bonchev–Trinajstić information content (AvgIpc) is 3.21. The van der Waals surface area contributed by atoms with E-state index in [1.807, 2.05) is 30.3 Å². The van der Waals surface area contributed by atoms with Crippen LogP contribution in [0.2, 0.25) is 0 Å². The highest BCUT2D eigenvalue weighted by atomic mass is 19.4. The van der Waals surface area contributed by atoms with Crippen LogP contribution in [0.1, 0.15) is 15.9 Å². The minimum absolute atomic E-state index is 0.0738. The lowest BCUT2D eigenvalue weighted by Crippen LogP contribution is -2.24. The molecule has 31 heavy (non-hydrogen) atoms. The Morgan fingerprint density at radius 3 is 2.61 bits per heavy atom. The highest BCUT2D eigenvalue weighted by molar-refractivity contribution is 5.99. The quantitative estimate of drug-likeness (QED) is 0.508. The van der Waals surface area contributed by atoms with Crippen molar-refractivity contribution in [3.63, 3.8) is 0 Å². The van der Waals surface area contributed by atoms with E-state index in [4.69, 9.17) is 4.74 Å². The van der Waals surface area contributed by atoms with Gasteiger partial charge < -0.3 is 10.1 Å². The number of alkyl halides is 3. The monoisotopic (exact) mass is 427 g/mol. The van der Waals surface area contributed by atoms with E-state index in [1.54, 1.807) is 22.8 Å². The lowest BCUT2D eigenvalue weighted by molar-refractivity contribution is -0.154. The van der Waals surface area contributed by atoms with Gasteiger partial charge in [0.05, 0.1) is 11.9 Å². The number of pyridine rings is 1. The van der Waals surface area contributed by atoms with Crippen molar-refractivity contribution in [2.45, 2.75) is 12.7 Å². The highest BCUT2D eigenvalue weighted by Crippen LogP contribution is 2.22. The van der Waals surface area contributed by atoms with Gasteiger partial charge in [0, 0.05) is 30.1 Å². The van der Waals surface area contributed by atoms with Gasteiger partial charge in [-0.1, -0.05) is 36.4 Å². The van der Waals surface area contributed by atoms with Gasteiger partial charge in [-0.15, -0.1) is 0 Å². The van der Waals surface area contributed by atoms with Gasteiger partial charge >= 0.3 is 6.18 Å². The zero-order chi connectivity index (χ0) is 21.8. The van der Waals surface area contributed by atoms with Crippen LogP contribution in [-0.4, -0.2) is 38.3 Å². The number of halogens is 3. The number of benzene rings is 1. The molecule has 1 amide bonds. The normalized spacial score (nSPS) is 11.5. The van der Waals surface area contributed by atoms with Gasteiger partial charge in [0.25, 0.3) is 5.91 Å². The number of amides is 1. The summed E-state index contributed by atoms with van der Waals surface area (Å²) in [5.74, 6) is -0.664. The van der Waals surface area contributed by atoms with E-state index in [0.717, 1.165) is 11.3 Å². The molecule has 0 saturated carbocycles. The first-order valence-electron chi connectivity index (χ1n) is 9.22.